The fourth-order valence-corrected chi connectivity index (χ4v) is 8.88. The monoisotopic (exact) mass is 1150 g/mol. The number of rotatable bonds is 60. The number of carbonyl (C=O) groups excluding carboxylic acids is 2. The van der Waals surface area contributed by atoms with E-state index >= 15 is 0 Å². The topological polar surface area (TPSA) is 72.8 Å². The van der Waals surface area contributed by atoms with E-state index in [1.807, 2.05) is 0 Å². The van der Waals surface area contributed by atoms with Crippen molar-refractivity contribution < 1.29 is 24.2 Å². The highest BCUT2D eigenvalue weighted by Crippen LogP contribution is 2.15. The zero-order chi connectivity index (χ0) is 60.5. The highest BCUT2D eigenvalue weighted by atomic mass is 16.6. The van der Waals surface area contributed by atoms with Crippen molar-refractivity contribution in [3.63, 3.8) is 0 Å². The highest BCUT2D eigenvalue weighted by Gasteiger charge is 2.16. The van der Waals surface area contributed by atoms with Crippen LogP contribution in [0, 0.1) is 0 Å². The van der Waals surface area contributed by atoms with Gasteiger partial charge in [-0.1, -0.05) is 311 Å². The van der Waals surface area contributed by atoms with Crippen LogP contribution in [0.4, 0.5) is 0 Å². The highest BCUT2D eigenvalue weighted by molar-refractivity contribution is 5.70. The standard InChI is InChI=1S/C79H124O5/c1-3-5-7-9-11-13-15-17-19-21-23-25-27-29-31-33-35-37-39-41-43-45-47-49-51-53-55-57-59-61-63-65-67-69-71-73-78(81)83-76-77(75-80)84-79(82)74-72-70-68-66-64-62-60-58-56-54-52-50-48-46-44-42-40-38-36-34-32-30-28-26-24-22-20-18-16-14-12-10-8-6-4-2/h5-8,11-14,17-20,23-26,29-32,35-38,41-44,48,50,54,56,77,80H,3-4,9-10,15-16,21-22,27-28,33-34,39-40,45-47,49,51-53,55,57-76H2,1-2H3/b7-5-,8-6-,13-11-,14-12-,19-17-,20-18-,25-23-,26-24-,31-29-,32-30-,37-35-,38-36-,43-41-,44-42-,50-48-,56-54-. The van der Waals surface area contributed by atoms with Crippen LogP contribution in [0.25, 0.3) is 0 Å². The van der Waals surface area contributed by atoms with Crippen molar-refractivity contribution in [2.24, 2.45) is 0 Å². The number of ether oxygens (including phenoxy) is 2. The molecule has 0 aromatic heterocycles. The van der Waals surface area contributed by atoms with E-state index in [1.54, 1.807) is 0 Å². The van der Waals surface area contributed by atoms with Gasteiger partial charge in [0.05, 0.1) is 6.61 Å². The third-order valence-electron chi connectivity index (χ3n) is 13.9. The molecule has 1 unspecified atom stereocenters. The lowest BCUT2D eigenvalue weighted by Crippen LogP contribution is -2.28. The number of carbonyl (C=O) groups is 2. The molecule has 1 N–H and O–H groups in total. The van der Waals surface area contributed by atoms with Crippen LogP contribution >= 0.6 is 0 Å². The molecule has 0 aliphatic heterocycles. The van der Waals surface area contributed by atoms with Crippen LogP contribution < -0.4 is 0 Å². The lowest BCUT2D eigenvalue weighted by Gasteiger charge is -2.15. The predicted octanol–water partition coefficient (Wildman–Crippen LogP) is 24.0. The largest absolute Gasteiger partial charge is 0.462 e. The van der Waals surface area contributed by atoms with E-state index in [0.29, 0.717) is 12.8 Å². The molecule has 0 aromatic rings. The van der Waals surface area contributed by atoms with E-state index in [-0.39, 0.29) is 25.2 Å². The zero-order valence-corrected chi connectivity index (χ0v) is 53.8. The van der Waals surface area contributed by atoms with Gasteiger partial charge in [0, 0.05) is 12.8 Å². The first-order valence-electron chi connectivity index (χ1n) is 34.0. The smallest absolute Gasteiger partial charge is 0.306 e. The molecule has 0 aromatic carbocycles. The maximum Gasteiger partial charge on any atom is 0.306 e. The molecular weight excluding hydrogens is 1030 g/mol. The summed E-state index contributed by atoms with van der Waals surface area (Å²) in [6.45, 7) is 3.90. The Hall–Kier alpha value is -5.26. The first-order chi connectivity index (χ1) is 41.6. The summed E-state index contributed by atoms with van der Waals surface area (Å²) in [6, 6.07) is 0. The first-order valence-corrected chi connectivity index (χ1v) is 34.0. The van der Waals surface area contributed by atoms with Crippen molar-refractivity contribution in [1.82, 2.24) is 0 Å². The number of aliphatic hydroxyl groups is 1. The van der Waals surface area contributed by atoms with Crippen LogP contribution in [0.1, 0.15) is 271 Å². The first kappa shape index (κ1) is 78.7. The van der Waals surface area contributed by atoms with E-state index in [9.17, 15) is 14.7 Å². The Bertz CT molecular complexity index is 1930. The Balaban J connectivity index is 3.59. The number of unbranched alkanes of at least 4 members (excludes halogenated alkanes) is 20. The fourth-order valence-electron chi connectivity index (χ4n) is 8.88. The second-order valence-corrected chi connectivity index (χ2v) is 21.8. The Morgan fingerprint density at radius 2 is 0.476 bits per heavy atom. The van der Waals surface area contributed by atoms with Gasteiger partial charge in [-0.3, -0.25) is 9.59 Å². The zero-order valence-electron chi connectivity index (χ0n) is 53.8. The summed E-state index contributed by atoms with van der Waals surface area (Å²) in [7, 11) is 0. The maximum atomic E-state index is 12.4. The van der Waals surface area contributed by atoms with Crippen LogP contribution in [-0.4, -0.2) is 36.4 Å². The minimum Gasteiger partial charge on any atom is -0.462 e. The van der Waals surface area contributed by atoms with Crippen LogP contribution in [0.3, 0.4) is 0 Å². The van der Waals surface area contributed by atoms with Crippen LogP contribution in [0.2, 0.25) is 0 Å². The van der Waals surface area contributed by atoms with Crippen LogP contribution in [0.15, 0.2) is 194 Å². The molecule has 0 aliphatic carbocycles. The maximum absolute atomic E-state index is 12.4. The van der Waals surface area contributed by atoms with Crippen LogP contribution in [0.5, 0.6) is 0 Å². The third kappa shape index (κ3) is 69.2. The van der Waals surface area contributed by atoms with Gasteiger partial charge in [0.25, 0.3) is 0 Å². The van der Waals surface area contributed by atoms with E-state index in [2.05, 4.69) is 208 Å². The SMILES string of the molecule is CC/C=C\C/C=C\C/C=C\C/C=C\C/C=C\C/C=C\C/C=C\C/C=C\C/C=C\CCCCCCCCCC(=O)OC(CO)COC(=O)CCCCCCCCCCCCCCC/C=C\C/C=C\C/C=C\C/C=C\C/C=C\C/C=C\C/C=C\CC. The Kier molecular flexibility index (Phi) is 67.5. The van der Waals surface area contributed by atoms with Gasteiger partial charge in [-0.25, -0.2) is 0 Å². The molecule has 0 saturated carbocycles. The molecule has 0 saturated heterocycles. The number of esters is 2. The van der Waals surface area contributed by atoms with Crippen molar-refractivity contribution in [2.45, 2.75) is 277 Å². The summed E-state index contributed by atoms with van der Waals surface area (Å²) >= 11 is 0. The summed E-state index contributed by atoms with van der Waals surface area (Å²) in [5.74, 6) is -0.614. The fraction of sp³-hybridized carbons (Fsp3) is 0.570. The van der Waals surface area contributed by atoms with Gasteiger partial charge in [-0.05, 0) is 141 Å². The number of aliphatic hydroxyl groups excluding tert-OH is 1. The second kappa shape index (κ2) is 72.0. The quantitative estimate of drug-likeness (QED) is 0.0373. The Labute approximate surface area is 518 Å². The molecule has 0 bridgehead atoms. The predicted molar refractivity (Wildman–Crippen MR) is 370 cm³/mol. The van der Waals surface area contributed by atoms with E-state index in [4.69, 9.17) is 9.47 Å². The average molecular weight is 1150 g/mol. The minimum atomic E-state index is -0.795. The molecule has 0 fully saturated rings. The van der Waals surface area contributed by atoms with Gasteiger partial charge in [-0.2, -0.15) is 0 Å². The second-order valence-electron chi connectivity index (χ2n) is 21.8. The van der Waals surface area contributed by atoms with E-state index in [0.717, 1.165) is 148 Å². The minimum absolute atomic E-state index is 0.0823. The molecule has 0 heterocycles. The Morgan fingerprint density at radius 3 is 0.714 bits per heavy atom. The number of hydrogen-bond donors (Lipinski definition) is 1. The molecule has 0 amide bonds. The van der Waals surface area contributed by atoms with Gasteiger partial charge in [-0.15, -0.1) is 0 Å². The molecule has 5 nitrogen and oxygen atoms in total. The number of hydrogen-bond acceptors (Lipinski definition) is 5. The summed E-state index contributed by atoms with van der Waals surface area (Å²) in [5.41, 5.74) is 0. The molecule has 5 heteroatoms. The molecule has 1 atom stereocenters. The summed E-state index contributed by atoms with van der Waals surface area (Å²) in [6.07, 6.45) is 114. The number of allylic oxidation sites excluding steroid dienone is 32. The van der Waals surface area contributed by atoms with Gasteiger partial charge >= 0.3 is 11.9 Å². The van der Waals surface area contributed by atoms with Gasteiger partial charge in [0.15, 0.2) is 6.10 Å². The van der Waals surface area contributed by atoms with Gasteiger partial charge in [0.1, 0.15) is 6.61 Å². The van der Waals surface area contributed by atoms with E-state index < -0.39 is 6.10 Å². The van der Waals surface area contributed by atoms with Crippen molar-refractivity contribution in [1.29, 1.82) is 0 Å². The lowest BCUT2D eigenvalue weighted by molar-refractivity contribution is -0.161. The summed E-state index contributed by atoms with van der Waals surface area (Å²) in [5, 5.41) is 9.70. The van der Waals surface area contributed by atoms with Crippen molar-refractivity contribution >= 4 is 11.9 Å². The summed E-state index contributed by atoms with van der Waals surface area (Å²) < 4.78 is 10.7. The van der Waals surface area contributed by atoms with Crippen molar-refractivity contribution in [3.05, 3.63) is 194 Å². The van der Waals surface area contributed by atoms with Crippen LogP contribution in [-0.2, 0) is 19.1 Å². The molecule has 0 rings (SSSR count). The molecule has 0 spiro atoms. The van der Waals surface area contributed by atoms with Crippen molar-refractivity contribution in [2.75, 3.05) is 13.2 Å². The third-order valence-corrected chi connectivity index (χ3v) is 13.9. The van der Waals surface area contributed by atoms with Gasteiger partial charge < -0.3 is 14.6 Å². The average Bonchev–Trinajstić information content (AvgIpc) is 3.51. The molecule has 0 aliphatic rings. The molecular formula is C79H124O5. The van der Waals surface area contributed by atoms with Gasteiger partial charge in [0.2, 0.25) is 0 Å². The molecule has 84 heavy (non-hydrogen) atoms. The Morgan fingerprint density at radius 1 is 0.274 bits per heavy atom. The molecule has 0 radical (unpaired) electrons. The molecule has 470 valence electrons. The summed E-state index contributed by atoms with van der Waals surface area (Å²) in [4.78, 5) is 24.7. The normalized spacial score (nSPS) is 13.5. The van der Waals surface area contributed by atoms with E-state index in [1.165, 1.54) is 96.3 Å². The lowest BCUT2D eigenvalue weighted by atomic mass is 10.0. The van der Waals surface area contributed by atoms with Crippen molar-refractivity contribution in [3.8, 4) is 0 Å².